The lowest BCUT2D eigenvalue weighted by atomic mass is 10.0. The van der Waals surface area contributed by atoms with Gasteiger partial charge in [0.1, 0.15) is 12.4 Å². The third-order valence-electron chi connectivity index (χ3n) is 11.3. The number of hydrogen-bond donors (Lipinski definition) is 0. The van der Waals surface area contributed by atoms with E-state index in [0.717, 1.165) is 0 Å². The molecule has 0 aromatic carbocycles. The molecule has 2 heteroatoms. The highest BCUT2D eigenvalue weighted by atomic mass is 15.1. The van der Waals surface area contributed by atoms with E-state index < -0.39 is 0 Å². The fourth-order valence-electron chi connectivity index (χ4n) is 7.92. The van der Waals surface area contributed by atoms with E-state index in [4.69, 9.17) is 0 Å². The number of imidazole rings is 1. The van der Waals surface area contributed by atoms with Crippen LogP contribution in [0.2, 0.25) is 0 Å². The Balaban J connectivity index is 2.25. The molecule has 1 aromatic heterocycles. The molecule has 0 amide bonds. The third kappa shape index (κ3) is 30.5. The van der Waals surface area contributed by atoms with Gasteiger partial charge in [-0.15, -0.1) is 0 Å². The second-order valence-corrected chi connectivity index (χ2v) is 16.2. The summed E-state index contributed by atoms with van der Waals surface area (Å²) in [5, 5.41) is 0. The number of nitrogens with zero attached hydrogens (tertiary/aromatic N) is 2. The molecule has 1 aromatic rings. The Bertz CT molecular complexity index is 751. The van der Waals surface area contributed by atoms with Crippen molar-refractivity contribution in [2.24, 2.45) is 0 Å². The molecule has 0 radical (unpaired) electrons. The van der Waals surface area contributed by atoms with Gasteiger partial charge in [-0.25, -0.2) is 9.13 Å². The van der Waals surface area contributed by atoms with E-state index in [1.54, 1.807) is 5.82 Å². The van der Waals surface area contributed by atoms with Crippen molar-refractivity contribution in [1.82, 2.24) is 4.57 Å². The van der Waals surface area contributed by atoms with Gasteiger partial charge in [-0.2, -0.15) is 0 Å². The van der Waals surface area contributed by atoms with Crippen molar-refractivity contribution in [3.05, 3.63) is 18.2 Å². The monoisotopic (exact) mass is 686 g/mol. The molecular formula is C47H93N2+. The average Bonchev–Trinajstić information content (AvgIpc) is 3.50. The summed E-state index contributed by atoms with van der Waals surface area (Å²) in [4.78, 5) is 0. The predicted octanol–water partition coefficient (Wildman–Crippen LogP) is 16.2. The number of aromatic nitrogens is 2. The molecule has 0 fully saturated rings. The zero-order valence-corrected chi connectivity index (χ0v) is 34.5. The molecule has 1 rings (SSSR count). The summed E-state index contributed by atoms with van der Waals surface area (Å²) >= 11 is 0. The van der Waals surface area contributed by atoms with Crippen molar-refractivity contribution in [2.75, 3.05) is 0 Å². The zero-order chi connectivity index (χ0) is 35.1. The number of unbranched alkanes of at least 4 members (excludes halogenated alkanes) is 35. The number of hydrogen-bond acceptors (Lipinski definition) is 0. The Morgan fingerprint density at radius 2 is 0.633 bits per heavy atom. The maximum Gasteiger partial charge on any atom is 0.256 e. The molecule has 0 atom stereocenters. The van der Waals surface area contributed by atoms with E-state index in [-0.39, 0.29) is 0 Å². The summed E-state index contributed by atoms with van der Waals surface area (Å²) in [5.41, 5.74) is 0. The van der Waals surface area contributed by atoms with Gasteiger partial charge in [-0.3, -0.25) is 0 Å². The number of rotatable bonds is 41. The van der Waals surface area contributed by atoms with Crippen LogP contribution in [-0.2, 0) is 19.5 Å². The normalized spacial score (nSPS) is 11.7. The van der Waals surface area contributed by atoms with E-state index >= 15 is 0 Å². The minimum Gasteiger partial charge on any atom is -0.234 e. The van der Waals surface area contributed by atoms with Gasteiger partial charge < -0.3 is 0 Å². The van der Waals surface area contributed by atoms with Gasteiger partial charge in [0, 0.05) is 6.42 Å². The van der Waals surface area contributed by atoms with Crippen LogP contribution < -0.4 is 4.57 Å². The summed E-state index contributed by atoms with van der Waals surface area (Å²) in [6.07, 6.45) is 60.8. The minimum atomic E-state index is 1.23. The van der Waals surface area contributed by atoms with Crippen molar-refractivity contribution in [1.29, 1.82) is 0 Å². The highest BCUT2D eigenvalue weighted by Gasteiger charge is 2.16. The van der Waals surface area contributed by atoms with Crippen LogP contribution in [0, 0.1) is 0 Å². The lowest BCUT2D eigenvalue weighted by Crippen LogP contribution is -2.37. The maximum absolute atomic E-state index is 2.65. The summed E-state index contributed by atoms with van der Waals surface area (Å²) in [6.45, 7) is 9.41. The topological polar surface area (TPSA) is 8.81 Å². The molecule has 0 aliphatic heterocycles. The molecule has 0 bridgehead atoms. The first kappa shape index (κ1) is 46.2. The van der Waals surface area contributed by atoms with Crippen LogP contribution in [0.25, 0.3) is 0 Å². The first-order valence-electron chi connectivity index (χ1n) is 23.4. The first-order chi connectivity index (χ1) is 24.3. The SMILES string of the molecule is CCCCCCCCCCCCCCCCCc1n(CCCCCCCCCCCCCCCC)cc[n+]1CCCCCCCCCCC. The molecule has 0 N–H and O–H groups in total. The molecule has 0 spiro atoms. The molecule has 0 saturated carbocycles. The number of aryl methyl sites for hydroxylation is 2. The van der Waals surface area contributed by atoms with E-state index in [2.05, 4.69) is 42.3 Å². The molecule has 49 heavy (non-hydrogen) atoms. The van der Waals surface area contributed by atoms with Gasteiger partial charge >= 0.3 is 0 Å². The lowest BCUT2D eigenvalue weighted by Gasteiger charge is -2.07. The largest absolute Gasteiger partial charge is 0.256 e. The van der Waals surface area contributed by atoms with Gasteiger partial charge in [0.05, 0.1) is 13.1 Å². The average molecular weight is 686 g/mol. The minimum absolute atomic E-state index is 1.23. The molecule has 0 unspecified atom stereocenters. The second kappa shape index (κ2) is 38.4. The van der Waals surface area contributed by atoms with Crippen molar-refractivity contribution >= 4 is 0 Å². The van der Waals surface area contributed by atoms with Gasteiger partial charge in [0.2, 0.25) is 0 Å². The van der Waals surface area contributed by atoms with Gasteiger partial charge in [-0.1, -0.05) is 233 Å². The fraction of sp³-hybridized carbons (Fsp3) is 0.936. The van der Waals surface area contributed by atoms with Crippen molar-refractivity contribution < 1.29 is 4.57 Å². The van der Waals surface area contributed by atoms with Crippen LogP contribution in [0.15, 0.2) is 12.4 Å². The quantitative estimate of drug-likeness (QED) is 0.0479. The van der Waals surface area contributed by atoms with Crippen LogP contribution in [0.1, 0.15) is 271 Å². The Labute approximate surface area is 310 Å². The van der Waals surface area contributed by atoms with Gasteiger partial charge in [0.15, 0.2) is 0 Å². The molecule has 0 aliphatic carbocycles. The van der Waals surface area contributed by atoms with Crippen LogP contribution in [0.5, 0.6) is 0 Å². The van der Waals surface area contributed by atoms with Gasteiger partial charge in [0.25, 0.3) is 5.82 Å². The van der Waals surface area contributed by atoms with Crippen LogP contribution >= 0.6 is 0 Å². The summed E-state index contributed by atoms with van der Waals surface area (Å²) in [6, 6.07) is 0. The molecule has 0 aliphatic rings. The van der Waals surface area contributed by atoms with Crippen molar-refractivity contribution in [3.8, 4) is 0 Å². The van der Waals surface area contributed by atoms with Crippen molar-refractivity contribution in [3.63, 3.8) is 0 Å². The Kier molecular flexibility index (Phi) is 36.3. The summed E-state index contributed by atoms with van der Waals surface area (Å²) < 4.78 is 5.30. The molecule has 2 nitrogen and oxygen atoms in total. The third-order valence-corrected chi connectivity index (χ3v) is 11.3. The Hall–Kier alpha value is -0.790. The lowest BCUT2D eigenvalue weighted by molar-refractivity contribution is -0.704. The van der Waals surface area contributed by atoms with Crippen molar-refractivity contribution in [2.45, 2.75) is 284 Å². The molecular weight excluding hydrogens is 593 g/mol. The molecule has 1 heterocycles. The Morgan fingerprint density at radius 1 is 0.347 bits per heavy atom. The predicted molar refractivity (Wildman–Crippen MR) is 221 cm³/mol. The van der Waals surface area contributed by atoms with E-state index in [9.17, 15) is 0 Å². The summed E-state index contributed by atoms with van der Waals surface area (Å²) in [5.74, 6) is 1.63. The first-order valence-corrected chi connectivity index (χ1v) is 23.4. The van der Waals surface area contributed by atoms with Crippen LogP contribution in [0.4, 0.5) is 0 Å². The van der Waals surface area contributed by atoms with Crippen LogP contribution in [-0.4, -0.2) is 4.57 Å². The highest BCUT2D eigenvalue weighted by Crippen LogP contribution is 2.16. The second-order valence-electron chi connectivity index (χ2n) is 16.2. The van der Waals surface area contributed by atoms with Crippen LogP contribution in [0.3, 0.4) is 0 Å². The summed E-state index contributed by atoms with van der Waals surface area (Å²) in [7, 11) is 0. The highest BCUT2D eigenvalue weighted by molar-refractivity contribution is 4.84. The molecule has 0 saturated heterocycles. The molecule has 290 valence electrons. The van der Waals surface area contributed by atoms with E-state index in [1.807, 2.05) is 0 Å². The van der Waals surface area contributed by atoms with Gasteiger partial charge in [-0.05, 0) is 32.1 Å². The fourth-order valence-corrected chi connectivity index (χ4v) is 7.92. The smallest absolute Gasteiger partial charge is 0.234 e. The van der Waals surface area contributed by atoms with E-state index in [0.29, 0.717) is 0 Å². The zero-order valence-electron chi connectivity index (χ0n) is 34.5. The Morgan fingerprint density at radius 3 is 0.980 bits per heavy atom. The maximum atomic E-state index is 2.65. The standard InChI is InChI=1S/C47H93N2/c1-4-7-10-13-16-19-21-23-25-26-28-30-33-36-39-42-47-48(43-40-37-34-31-18-15-12-9-6-3)45-46-49(47)44-41-38-35-32-29-27-24-22-20-17-14-11-8-5-2/h45-46H,4-44H2,1-3H3/q+1. The van der Waals surface area contributed by atoms with E-state index in [1.165, 1.54) is 264 Å².